The Bertz CT molecular complexity index is 128. The van der Waals surface area contributed by atoms with E-state index in [1.54, 1.807) is 0 Å². The Kier molecular flexibility index (Phi) is 1.06. The van der Waals surface area contributed by atoms with Gasteiger partial charge in [0.2, 0.25) is 5.91 Å². The summed E-state index contributed by atoms with van der Waals surface area (Å²) >= 11 is 0. The lowest BCUT2D eigenvalue weighted by Gasteiger charge is -2.08. The van der Waals surface area contributed by atoms with E-state index < -0.39 is 0 Å². The van der Waals surface area contributed by atoms with Crippen LogP contribution in [-0.2, 0) is 9.47 Å². The van der Waals surface area contributed by atoms with Crippen LogP contribution in [0.1, 0.15) is 6.92 Å². The first kappa shape index (κ1) is 5.65. The van der Waals surface area contributed by atoms with Gasteiger partial charge in [-0.05, 0) is 6.92 Å². The summed E-state index contributed by atoms with van der Waals surface area (Å²) in [5.74, 6) is -0.255. The first-order chi connectivity index (χ1) is 4.37. The summed E-state index contributed by atoms with van der Waals surface area (Å²) < 4.78 is 10.7. The van der Waals surface area contributed by atoms with Crippen molar-refractivity contribution in [2.75, 3.05) is 26.3 Å². The van der Waals surface area contributed by atoms with E-state index in [2.05, 4.69) is 4.90 Å². The molecular weight excluding hydrogens is 118 g/mol. The van der Waals surface area contributed by atoms with Crippen LogP contribution < -0.4 is 0 Å². The van der Waals surface area contributed by atoms with Gasteiger partial charge < -0.3 is 9.47 Å². The molecule has 52 valence electrons. The van der Waals surface area contributed by atoms with Crippen molar-refractivity contribution in [2.24, 2.45) is 0 Å². The van der Waals surface area contributed by atoms with E-state index >= 15 is 0 Å². The van der Waals surface area contributed by atoms with Gasteiger partial charge in [0, 0.05) is 13.2 Å². The largest absolute Gasteiger partial charge is 0.337 e. The fourth-order valence-corrected chi connectivity index (χ4v) is 1.31. The minimum Gasteiger partial charge on any atom is -0.337 e. The molecule has 0 spiro atoms. The Morgan fingerprint density at radius 1 is 1.78 bits per heavy atom. The molecule has 0 saturated carbocycles. The smallest absolute Gasteiger partial charge is 0.243 e. The van der Waals surface area contributed by atoms with Gasteiger partial charge >= 0.3 is 0 Å². The van der Waals surface area contributed by atoms with Crippen LogP contribution in [-0.4, -0.2) is 37.1 Å². The van der Waals surface area contributed by atoms with E-state index in [1.807, 2.05) is 6.92 Å². The molecule has 0 aromatic rings. The highest BCUT2D eigenvalue weighted by Crippen LogP contribution is 2.38. The predicted octanol–water partition coefficient (Wildman–Crippen LogP) is 0.0225. The predicted molar refractivity (Wildman–Crippen MR) is 31.9 cm³/mol. The maximum Gasteiger partial charge on any atom is 0.243 e. The van der Waals surface area contributed by atoms with Crippen LogP contribution in [0.4, 0.5) is 0 Å². The number of hydrogen-bond donors (Lipinski definition) is 0. The van der Waals surface area contributed by atoms with Crippen molar-refractivity contribution in [3.63, 3.8) is 0 Å². The van der Waals surface area contributed by atoms with E-state index in [9.17, 15) is 0 Å². The van der Waals surface area contributed by atoms with E-state index in [0.29, 0.717) is 0 Å². The maximum atomic E-state index is 5.37. The van der Waals surface area contributed by atoms with Crippen LogP contribution in [0.3, 0.4) is 0 Å². The molecule has 0 aliphatic carbocycles. The first-order valence-electron chi connectivity index (χ1n) is 3.40. The zero-order valence-electron chi connectivity index (χ0n) is 5.59. The van der Waals surface area contributed by atoms with Crippen molar-refractivity contribution < 1.29 is 9.47 Å². The Balaban J connectivity index is 1.95. The minimum absolute atomic E-state index is 0.255. The molecule has 0 amide bonds. The molecule has 2 heterocycles. The van der Waals surface area contributed by atoms with Crippen LogP contribution in [0.2, 0.25) is 0 Å². The second kappa shape index (κ2) is 1.68. The van der Waals surface area contributed by atoms with Gasteiger partial charge in [-0.25, -0.2) is 4.90 Å². The molecule has 2 fully saturated rings. The molecule has 3 heteroatoms. The summed E-state index contributed by atoms with van der Waals surface area (Å²) in [7, 11) is 0. The lowest BCUT2D eigenvalue weighted by molar-refractivity contribution is -0.158. The molecule has 3 nitrogen and oxygen atoms in total. The zero-order valence-corrected chi connectivity index (χ0v) is 5.59. The quantitative estimate of drug-likeness (QED) is 0.491. The Morgan fingerprint density at radius 2 is 2.67 bits per heavy atom. The molecule has 2 atom stereocenters. The molecule has 9 heavy (non-hydrogen) atoms. The average Bonchev–Trinajstić information content (AvgIpc) is 2.37. The number of fused-ring (bicyclic) bond motifs is 1. The summed E-state index contributed by atoms with van der Waals surface area (Å²) in [5, 5.41) is 0. The van der Waals surface area contributed by atoms with Crippen molar-refractivity contribution >= 4 is 0 Å². The Hall–Kier alpha value is -0.120. The molecule has 2 rings (SSSR count). The van der Waals surface area contributed by atoms with Gasteiger partial charge in [0.25, 0.3) is 0 Å². The molecule has 2 saturated heterocycles. The van der Waals surface area contributed by atoms with Crippen molar-refractivity contribution in [2.45, 2.75) is 12.8 Å². The Labute approximate surface area is 54.5 Å². The average molecular weight is 129 g/mol. The van der Waals surface area contributed by atoms with E-state index in [1.165, 1.54) is 0 Å². The zero-order chi connectivity index (χ0) is 6.32. The standard InChI is InChI=1S/C6H11NO2/c1-2-8-6-5-7(6)3-4-9-6/h2-5H2,1H3. The van der Waals surface area contributed by atoms with Crippen LogP contribution in [0, 0.1) is 0 Å². The summed E-state index contributed by atoms with van der Waals surface area (Å²) in [5.41, 5.74) is 0. The van der Waals surface area contributed by atoms with Crippen LogP contribution in [0.25, 0.3) is 0 Å². The highest BCUT2D eigenvalue weighted by atomic mass is 16.8. The Morgan fingerprint density at radius 3 is 3.11 bits per heavy atom. The van der Waals surface area contributed by atoms with Crippen molar-refractivity contribution in [3.05, 3.63) is 0 Å². The third-order valence-electron chi connectivity index (χ3n) is 1.83. The SMILES string of the molecule is CCOC12CN1CCO2. The fourth-order valence-electron chi connectivity index (χ4n) is 1.31. The summed E-state index contributed by atoms with van der Waals surface area (Å²) in [4.78, 5) is 2.19. The van der Waals surface area contributed by atoms with Gasteiger partial charge in [-0.1, -0.05) is 0 Å². The number of ether oxygens (including phenoxy) is 2. The molecule has 0 aromatic carbocycles. The lowest BCUT2D eigenvalue weighted by Crippen LogP contribution is -2.19. The normalized spacial score (nSPS) is 47.0. The third-order valence-corrected chi connectivity index (χ3v) is 1.83. The fraction of sp³-hybridized carbons (Fsp3) is 1.00. The third kappa shape index (κ3) is 0.689. The van der Waals surface area contributed by atoms with Gasteiger partial charge in [-0.3, -0.25) is 0 Å². The topological polar surface area (TPSA) is 21.5 Å². The molecule has 0 N–H and O–H groups in total. The molecule has 2 unspecified atom stereocenters. The van der Waals surface area contributed by atoms with Crippen LogP contribution >= 0.6 is 0 Å². The van der Waals surface area contributed by atoms with E-state index in [4.69, 9.17) is 9.47 Å². The number of nitrogens with zero attached hydrogens (tertiary/aromatic N) is 1. The highest BCUT2D eigenvalue weighted by molar-refractivity contribution is 4.95. The van der Waals surface area contributed by atoms with Crippen LogP contribution in [0.5, 0.6) is 0 Å². The summed E-state index contributed by atoms with van der Waals surface area (Å²) in [6, 6.07) is 0. The molecule has 0 bridgehead atoms. The van der Waals surface area contributed by atoms with Gasteiger partial charge in [-0.15, -0.1) is 0 Å². The molecule has 0 aromatic heterocycles. The summed E-state index contributed by atoms with van der Waals surface area (Å²) in [6.07, 6.45) is 0. The first-order valence-corrected chi connectivity index (χ1v) is 3.40. The van der Waals surface area contributed by atoms with Crippen molar-refractivity contribution in [1.82, 2.24) is 4.90 Å². The summed E-state index contributed by atoms with van der Waals surface area (Å²) in [6.45, 7) is 5.59. The van der Waals surface area contributed by atoms with E-state index in [0.717, 1.165) is 26.3 Å². The van der Waals surface area contributed by atoms with Crippen LogP contribution in [0.15, 0.2) is 0 Å². The van der Waals surface area contributed by atoms with E-state index in [-0.39, 0.29) is 5.91 Å². The number of hydrogen-bond acceptors (Lipinski definition) is 3. The molecular formula is C6H11NO2. The van der Waals surface area contributed by atoms with Crippen molar-refractivity contribution in [1.29, 1.82) is 0 Å². The number of rotatable bonds is 2. The van der Waals surface area contributed by atoms with Gasteiger partial charge in [-0.2, -0.15) is 0 Å². The second-order valence-electron chi connectivity index (χ2n) is 2.42. The monoisotopic (exact) mass is 129 g/mol. The van der Waals surface area contributed by atoms with Gasteiger partial charge in [0.05, 0.1) is 13.2 Å². The van der Waals surface area contributed by atoms with Crippen molar-refractivity contribution in [3.8, 4) is 0 Å². The lowest BCUT2D eigenvalue weighted by atomic mass is 10.7. The van der Waals surface area contributed by atoms with Gasteiger partial charge in [0.1, 0.15) is 0 Å². The second-order valence-corrected chi connectivity index (χ2v) is 2.42. The van der Waals surface area contributed by atoms with Gasteiger partial charge in [0.15, 0.2) is 0 Å². The molecule has 2 aliphatic heterocycles. The maximum absolute atomic E-state index is 5.37. The number of morpholine rings is 1. The molecule has 0 radical (unpaired) electrons. The minimum atomic E-state index is -0.255. The molecule has 2 aliphatic rings. The highest BCUT2D eigenvalue weighted by Gasteiger charge is 2.58.